The molecule has 0 saturated carbocycles. The SMILES string of the molecule is COC(=O)/C(=C\c1ccccc1/C=C/CC[C@H]1COC(C)(C)N1C(=O)OC(C)(C)C)C(=O)OCc1ccccc1. The van der Waals surface area contributed by atoms with Gasteiger partial charge in [-0.05, 0) is 70.2 Å². The molecule has 0 aliphatic carbocycles. The fourth-order valence-electron chi connectivity index (χ4n) is 4.34. The van der Waals surface area contributed by atoms with Crippen LogP contribution in [0.3, 0.4) is 0 Å². The van der Waals surface area contributed by atoms with Crippen molar-refractivity contribution in [3.05, 3.63) is 82.9 Å². The van der Waals surface area contributed by atoms with Crippen molar-refractivity contribution < 1.29 is 33.3 Å². The van der Waals surface area contributed by atoms with Crippen molar-refractivity contribution in [2.24, 2.45) is 0 Å². The molecule has 1 aliphatic heterocycles. The van der Waals surface area contributed by atoms with Crippen molar-refractivity contribution in [3.63, 3.8) is 0 Å². The summed E-state index contributed by atoms with van der Waals surface area (Å²) in [5.41, 5.74) is 0.729. The first kappa shape index (κ1) is 30.6. The number of nitrogens with zero attached hydrogens (tertiary/aromatic N) is 1. The third kappa shape index (κ3) is 8.55. The summed E-state index contributed by atoms with van der Waals surface area (Å²) in [7, 11) is 1.22. The molecule has 0 unspecified atom stereocenters. The Morgan fingerprint density at radius 2 is 1.65 bits per heavy atom. The molecule has 2 aromatic carbocycles. The monoisotopic (exact) mass is 549 g/mol. The van der Waals surface area contributed by atoms with Gasteiger partial charge in [0, 0.05) is 0 Å². The number of carbonyl (C=O) groups excluding carboxylic acids is 3. The summed E-state index contributed by atoms with van der Waals surface area (Å²) < 4.78 is 21.7. The minimum Gasteiger partial charge on any atom is -0.465 e. The lowest BCUT2D eigenvalue weighted by molar-refractivity contribution is -0.146. The molecule has 1 heterocycles. The first-order chi connectivity index (χ1) is 18.9. The summed E-state index contributed by atoms with van der Waals surface area (Å²) >= 11 is 0. The lowest BCUT2D eigenvalue weighted by Gasteiger charge is -2.35. The molecule has 1 fully saturated rings. The van der Waals surface area contributed by atoms with Gasteiger partial charge in [0.2, 0.25) is 0 Å². The molecule has 2 aromatic rings. The van der Waals surface area contributed by atoms with Crippen LogP contribution in [0, 0.1) is 0 Å². The summed E-state index contributed by atoms with van der Waals surface area (Å²) in [6, 6.07) is 16.5. The third-order valence-corrected chi connectivity index (χ3v) is 6.26. The molecule has 214 valence electrons. The van der Waals surface area contributed by atoms with Crippen LogP contribution in [-0.4, -0.2) is 54.0 Å². The molecule has 0 radical (unpaired) electrons. The number of hydrogen-bond donors (Lipinski definition) is 0. The molecular formula is C32H39NO7. The number of amides is 1. The van der Waals surface area contributed by atoms with Gasteiger partial charge in [-0.25, -0.2) is 14.4 Å². The van der Waals surface area contributed by atoms with Crippen molar-refractivity contribution in [3.8, 4) is 0 Å². The quantitative estimate of drug-likeness (QED) is 0.122. The molecule has 1 atom stereocenters. The van der Waals surface area contributed by atoms with Crippen LogP contribution >= 0.6 is 0 Å². The van der Waals surface area contributed by atoms with Gasteiger partial charge >= 0.3 is 18.0 Å². The topological polar surface area (TPSA) is 91.4 Å². The molecule has 0 spiro atoms. The van der Waals surface area contributed by atoms with Gasteiger partial charge in [-0.3, -0.25) is 4.90 Å². The van der Waals surface area contributed by atoms with Gasteiger partial charge in [-0.2, -0.15) is 0 Å². The van der Waals surface area contributed by atoms with E-state index in [2.05, 4.69) is 0 Å². The van der Waals surface area contributed by atoms with Crippen LogP contribution in [-0.2, 0) is 35.1 Å². The number of methoxy groups -OCH3 is 1. The number of ether oxygens (including phenoxy) is 4. The van der Waals surface area contributed by atoms with E-state index in [4.69, 9.17) is 18.9 Å². The number of esters is 2. The third-order valence-electron chi connectivity index (χ3n) is 6.26. The molecule has 8 nitrogen and oxygen atoms in total. The van der Waals surface area contributed by atoms with Crippen LogP contribution in [0.15, 0.2) is 66.2 Å². The Kier molecular flexibility index (Phi) is 10.3. The van der Waals surface area contributed by atoms with Gasteiger partial charge in [-0.1, -0.05) is 66.7 Å². The van der Waals surface area contributed by atoms with Gasteiger partial charge in [0.05, 0.1) is 19.8 Å². The summed E-state index contributed by atoms with van der Waals surface area (Å²) in [6.45, 7) is 9.70. The fourth-order valence-corrected chi connectivity index (χ4v) is 4.34. The maximum atomic E-state index is 12.9. The van der Waals surface area contributed by atoms with Crippen molar-refractivity contribution in [2.75, 3.05) is 13.7 Å². The Balaban J connectivity index is 1.71. The largest absolute Gasteiger partial charge is 0.465 e. The number of rotatable bonds is 9. The van der Waals surface area contributed by atoms with Gasteiger partial charge in [0.15, 0.2) is 0 Å². The zero-order valence-electron chi connectivity index (χ0n) is 24.1. The second-order valence-corrected chi connectivity index (χ2v) is 11.0. The van der Waals surface area contributed by atoms with E-state index in [-0.39, 0.29) is 18.2 Å². The van der Waals surface area contributed by atoms with Gasteiger partial charge < -0.3 is 18.9 Å². The summed E-state index contributed by atoms with van der Waals surface area (Å²) in [5.74, 6) is -1.54. The first-order valence-corrected chi connectivity index (χ1v) is 13.3. The Morgan fingerprint density at radius 3 is 2.30 bits per heavy atom. The number of hydrogen-bond acceptors (Lipinski definition) is 7. The first-order valence-electron chi connectivity index (χ1n) is 13.3. The lowest BCUT2D eigenvalue weighted by Crippen LogP contribution is -2.49. The maximum Gasteiger partial charge on any atom is 0.412 e. The highest BCUT2D eigenvalue weighted by molar-refractivity contribution is 6.17. The average Bonchev–Trinajstić information content (AvgIpc) is 3.22. The van der Waals surface area contributed by atoms with Gasteiger partial charge in [-0.15, -0.1) is 0 Å². The number of allylic oxidation sites excluding steroid dienone is 1. The molecule has 0 aromatic heterocycles. The van der Waals surface area contributed by atoms with Crippen molar-refractivity contribution in [2.45, 2.75) is 71.4 Å². The standard InChI is InChI=1S/C32H39NO7/c1-31(2,3)40-30(36)33-26(22-39-32(33,4)5)19-13-12-17-24-16-10-11-18-25(24)20-27(28(34)37-6)29(35)38-21-23-14-8-7-9-15-23/h7-12,14-18,20,26H,13,19,21-22H2,1-6H3/b17-12+,27-20+/t26-/m0/s1. The molecule has 1 aliphatic rings. The zero-order chi connectivity index (χ0) is 29.3. The molecule has 8 heteroatoms. The average molecular weight is 550 g/mol. The molecule has 1 saturated heterocycles. The van der Waals surface area contributed by atoms with E-state index in [0.717, 1.165) is 11.1 Å². The van der Waals surface area contributed by atoms with E-state index in [1.54, 1.807) is 4.90 Å². The van der Waals surface area contributed by atoms with Crippen molar-refractivity contribution in [1.82, 2.24) is 4.90 Å². The highest BCUT2D eigenvalue weighted by Gasteiger charge is 2.45. The highest BCUT2D eigenvalue weighted by atomic mass is 16.6. The predicted molar refractivity (Wildman–Crippen MR) is 153 cm³/mol. The Morgan fingerprint density at radius 1 is 1.00 bits per heavy atom. The highest BCUT2D eigenvalue weighted by Crippen LogP contribution is 2.31. The molecule has 1 amide bonds. The van der Waals surface area contributed by atoms with E-state index >= 15 is 0 Å². The van der Waals surface area contributed by atoms with Crippen molar-refractivity contribution in [1.29, 1.82) is 0 Å². The fraction of sp³-hybridized carbons (Fsp3) is 0.406. The van der Waals surface area contributed by atoms with Crippen LogP contribution in [0.5, 0.6) is 0 Å². The minimum atomic E-state index is -0.775. The van der Waals surface area contributed by atoms with Crippen LogP contribution in [0.2, 0.25) is 0 Å². The minimum absolute atomic E-state index is 0.0392. The summed E-state index contributed by atoms with van der Waals surface area (Å²) in [6.07, 6.45) is 6.36. The lowest BCUT2D eigenvalue weighted by atomic mass is 10.0. The van der Waals surface area contributed by atoms with Crippen molar-refractivity contribution >= 4 is 30.2 Å². The van der Waals surface area contributed by atoms with Crippen LogP contribution in [0.1, 0.15) is 64.2 Å². The summed E-state index contributed by atoms with van der Waals surface area (Å²) in [5, 5.41) is 0. The summed E-state index contributed by atoms with van der Waals surface area (Å²) in [4.78, 5) is 39.8. The number of carbonyl (C=O) groups is 3. The Bertz CT molecular complexity index is 1240. The zero-order valence-corrected chi connectivity index (χ0v) is 24.1. The molecule has 3 rings (SSSR count). The molecular weight excluding hydrogens is 510 g/mol. The van der Waals surface area contributed by atoms with Crippen LogP contribution in [0.4, 0.5) is 4.79 Å². The predicted octanol–water partition coefficient (Wildman–Crippen LogP) is 6.15. The maximum absolute atomic E-state index is 12.9. The van der Waals surface area contributed by atoms with Crippen LogP contribution < -0.4 is 0 Å². The molecule has 40 heavy (non-hydrogen) atoms. The molecule has 0 N–H and O–H groups in total. The smallest absolute Gasteiger partial charge is 0.412 e. The molecule has 0 bridgehead atoms. The normalized spacial score (nSPS) is 17.1. The second-order valence-electron chi connectivity index (χ2n) is 11.0. The van der Waals surface area contributed by atoms with Gasteiger partial charge in [0.25, 0.3) is 0 Å². The number of benzene rings is 2. The Labute approximate surface area is 236 Å². The van der Waals surface area contributed by atoms with E-state index in [0.29, 0.717) is 25.0 Å². The van der Waals surface area contributed by atoms with E-state index in [9.17, 15) is 14.4 Å². The Hall–Kier alpha value is -3.91. The van der Waals surface area contributed by atoms with Crippen LogP contribution in [0.25, 0.3) is 12.2 Å². The second kappa shape index (κ2) is 13.4. The van der Waals surface area contributed by atoms with E-state index < -0.39 is 29.4 Å². The van der Waals surface area contributed by atoms with E-state index in [1.807, 2.05) is 101 Å². The van der Waals surface area contributed by atoms with E-state index in [1.165, 1.54) is 13.2 Å². The van der Waals surface area contributed by atoms with Gasteiger partial charge in [0.1, 0.15) is 23.5 Å².